The van der Waals surface area contributed by atoms with Crippen molar-refractivity contribution < 1.29 is 4.79 Å². The van der Waals surface area contributed by atoms with E-state index in [1.165, 1.54) is 22.2 Å². The predicted octanol–water partition coefficient (Wildman–Crippen LogP) is 5.39. The summed E-state index contributed by atoms with van der Waals surface area (Å²) in [6, 6.07) is 7.22. The average molecular weight is 392 g/mol. The summed E-state index contributed by atoms with van der Waals surface area (Å²) in [7, 11) is 0. The number of thioether (sulfide) groups is 1. The maximum atomic E-state index is 12.5. The number of halogens is 1. The van der Waals surface area contributed by atoms with Crippen molar-refractivity contribution >= 4 is 56.5 Å². The summed E-state index contributed by atoms with van der Waals surface area (Å²) in [5.74, 6) is 0.613. The van der Waals surface area contributed by atoms with Crippen molar-refractivity contribution in [3.63, 3.8) is 0 Å². The van der Waals surface area contributed by atoms with Crippen molar-refractivity contribution in [2.24, 2.45) is 0 Å². The van der Waals surface area contributed by atoms with E-state index in [4.69, 9.17) is 11.6 Å². The Bertz CT molecular complexity index is 955. The number of nitrogens with one attached hydrogen (secondary N) is 1. The monoisotopic (exact) mass is 391 g/mol. The van der Waals surface area contributed by atoms with Crippen LogP contribution in [0.5, 0.6) is 0 Å². The highest BCUT2D eigenvalue weighted by atomic mass is 35.5. The van der Waals surface area contributed by atoms with Gasteiger partial charge in [0.1, 0.15) is 15.7 Å². The average Bonchev–Trinajstić information content (AvgIpc) is 2.83. The zero-order valence-corrected chi connectivity index (χ0v) is 16.8. The van der Waals surface area contributed by atoms with Crippen LogP contribution in [0.2, 0.25) is 5.02 Å². The first kappa shape index (κ1) is 18.2. The van der Waals surface area contributed by atoms with Crippen LogP contribution in [-0.4, -0.2) is 21.1 Å². The summed E-state index contributed by atoms with van der Waals surface area (Å²) in [5.41, 5.74) is 1.80. The molecule has 0 saturated heterocycles. The van der Waals surface area contributed by atoms with Gasteiger partial charge >= 0.3 is 0 Å². The Morgan fingerprint density at radius 3 is 2.68 bits per heavy atom. The summed E-state index contributed by atoms with van der Waals surface area (Å²) in [6.45, 7) is 7.90. The molecule has 3 rings (SSSR count). The molecule has 2 heterocycles. The number of hydrogen-bond donors (Lipinski definition) is 1. The molecule has 0 aliphatic carbocycles. The van der Waals surface area contributed by atoms with Gasteiger partial charge in [-0.2, -0.15) is 0 Å². The molecule has 3 aromatic rings. The standard InChI is InChI=1S/C18H18ClN3OS2/c1-9-10(2)24-17-15(9)18(21-12(4)20-17)25-11(3)16(23)22-14-8-6-5-7-13(14)19/h5-8,11H,1-4H3,(H,22,23). The minimum absolute atomic E-state index is 0.105. The second kappa shape index (κ2) is 7.32. The number of nitrogens with zero attached hydrogens (tertiary/aromatic N) is 2. The van der Waals surface area contributed by atoms with Crippen molar-refractivity contribution in [1.29, 1.82) is 0 Å². The molecule has 0 spiro atoms. The Morgan fingerprint density at radius 1 is 1.24 bits per heavy atom. The molecule has 1 atom stereocenters. The highest BCUT2D eigenvalue weighted by molar-refractivity contribution is 8.00. The Labute approximate surface area is 160 Å². The number of fused-ring (bicyclic) bond motifs is 1. The smallest absolute Gasteiger partial charge is 0.237 e. The molecule has 4 nitrogen and oxygen atoms in total. The quantitative estimate of drug-likeness (QED) is 0.478. The maximum absolute atomic E-state index is 12.5. The molecular weight excluding hydrogens is 374 g/mol. The molecule has 0 aliphatic rings. The summed E-state index contributed by atoms with van der Waals surface area (Å²) >= 11 is 9.23. The summed E-state index contributed by atoms with van der Waals surface area (Å²) in [4.78, 5) is 23.9. The molecule has 0 aliphatic heterocycles. The predicted molar refractivity (Wildman–Crippen MR) is 107 cm³/mol. The lowest BCUT2D eigenvalue weighted by atomic mass is 10.2. The van der Waals surface area contributed by atoms with E-state index < -0.39 is 0 Å². The molecule has 7 heteroatoms. The van der Waals surface area contributed by atoms with Gasteiger partial charge in [-0.1, -0.05) is 35.5 Å². The molecule has 1 aromatic carbocycles. The number of thiophene rings is 1. The zero-order chi connectivity index (χ0) is 18.1. The minimum atomic E-state index is -0.312. The first-order valence-corrected chi connectivity index (χ1v) is 9.90. The molecule has 25 heavy (non-hydrogen) atoms. The Balaban J connectivity index is 1.85. The highest BCUT2D eigenvalue weighted by Gasteiger charge is 2.20. The van der Waals surface area contributed by atoms with Crippen LogP contribution in [0.15, 0.2) is 29.3 Å². The van der Waals surface area contributed by atoms with E-state index in [9.17, 15) is 4.79 Å². The summed E-state index contributed by atoms with van der Waals surface area (Å²) in [6.07, 6.45) is 0. The number of anilines is 1. The number of amides is 1. The van der Waals surface area contributed by atoms with Crippen LogP contribution in [0.4, 0.5) is 5.69 Å². The fraction of sp³-hybridized carbons (Fsp3) is 0.278. The number of aromatic nitrogens is 2. The summed E-state index contributed by atoms with van der Waals surface area (Å²) < 4.78 is 0. The fourth-order valence-electron chi connectivity index (χ4n) is 2.42. The molecule has 1 unspecified atom stereocenters. The minimum Gasteiger partial charge on any atom is -0.324 e. The van der Waals surface area contributed by atoms with Crippen LogP contribution in [0, 0.1) is 20.8 Å². The van der Waals surface area contributed by atoms with Gasteiger partial charge in [0.05, 0.1) is 16.0 Å². The maximum Gasteiger partial charge on any atom is 0.237 e. The van der Waals surface area contributed by atoms with Gasteiger partial charge in [0.25, 0.3) is 0 Å². The molecule has 0 fully saturated rings. The molecule has 1 N–H and O–H groups in total. The highest BCUT2D eigenvalue weighted by Crippen LogP contribution is 2.36. The fourth-order valence-corrected chi connectivity index (χ4v) is 4.79. The lowest BCUT2D eigenvalue weighted by Crippen LogP contribution is -2.22. The number of benzene rings is 1. The normalized spacial score (nSPS) is 12.4. The molecule has 0 bridgehead atoms. The molecule has 2 aromatic heterocycles. The van der Waals surface area contributed by atoms with Gasteiger partial charge in [-0.3, -0.25) is 4.79 Å². The number of carbonyl (C=O) groups is 1. The van der Waals surface area contributed by atoms with E-state index in [-0.39, 0.29) is 11.2 Å². The van der Waals surface area contributed by atoms with Crippen LogP contribution < -0.4 is 5.32 Å². The van der Waals surface area contributed by atoms with Gasteiger partial charge in [0.2, 0.25) is 5.91 Å². The molecule has 130 valence electrons. The van der Waals surface area contributed by atoms with Crippen LogP contribution >= 0.6 is 34.7 Å². The zero-order valence-electron chi connectivity index (χ0n) is 14.4. The van der Waals surface area contributed by atoms with Crippen LogP contribution in [0.1, 0.15) is 23.2 Å². The SMILES string of the molecule is Cc1nc(SC(C)C(=O)Nc2ccccc2Cl)c2c(C)c(C)sc2n1. The van der Waals surface area contributed by atoms with Gasteiger partial charge in [-0.15, -0.1) is 11.3 Å². The third-order valence-corrected chi connectivity index (χ3v) is 6.41. The van der Waals surface area contributed by atoms with Crippen LogP contribution in [0.3, 0.4) is 0 Å². The molecular formula is C18H18ClN3OS2. The topological polar surface area (TPSA) is 54.9 Å². The van der Waals surface area contributed by atoms with Crippen molar-refractivity contribution in [2.45, 2.75) is 38.0 Å². The van der Waals surface area contributed by atoms with Gasteiger partial charge in [0, 0.05) is 10.3 Å². The third-order valence-electron chi connectivity index (χ3n) is 3.90. The van der Waals surface area contributed by atoms with Crippen molar-refractivity contribution in [3.05, 3.63) is 45.6 Å². The third kappa shape index (κ3) is 3.81. The van der Waals surface area contributed by atoms with Gasteiger partial charge in [0.15, 0.2) is 0 Å². The largest absolute Gasteiger partial charge is 0.324 e. The molecule has 0 saturated carbocycles. The summed E-state index contributed by atoms with van der Waals surface area (Å²) in [5, 5.41) is 5.00. The first-order valence-electron chi connectivity index (χ1n) is 7.83. The number of rotatable bonds is 4. The van der Waals surface area contributed by atoms with Gasteiger partial charge < -0.3 is 5.32 Å². The lowest BCUT2D eigenvalue weighted by molar-refractivity contribution is -0.115. The van der Waals surface area contributed by atoms with E-state index in [1.54, 1.807) is 23.5 Å². The van der Waals surface area contributed by atoms with Crippen molar-refractivity contribution in [2.75, 3.05) is 5.32 Å². The second-order valence-corrected chi connectivity index (χ2v) is 8.71. The Hall–Kier alpha value is -1.63. The molecule has 0 radical (unpaired) electrons. The number of aryl methyl sites for hydroxylation is 3. The van der Waals surface area contributed by atoms with Crippen molar-refractivity contribution in [1.82, 2.24) is 9.97 Å². The van der Waals surface area contributed by atoms with E-state index in [0.29, 0.717) is 10.7 Å². The second-order valence-electron chi connectivity index (χ2n) is 5.77. The van der Waals surface area contributed by atoms with E-state index >= 15 is 0 Å². The number of carbonyl (C=O) groups excluding carboxylic acids is 1. The van der Waals surface area contributed by atoms with E-state index in [2.05, 4.69) is 29.1 Å². The Kier molecular flexibility index (Phi) is 5.32. The van der Waals surface area contributed by atoms with Crippen LogP contribution in [-0.2, 0) is 4.79 Å². The van der Waals surface area contributed by atoms with Crippen LogP contribution in [0.25, 0.3) is 10.2 Å². The lowest BCUT2D eigenvalue weighted by Gasteiger charge is -2.13. The van der Waals surface area contributed by atoms with Gasteiger partial charge in [-0.25, -0.2) is 9.97 Å². The number of para-hydroxylation sites is 1. The first-order chi connectivity index (χ1) is 11.9. The molecule has 1 amide bonds. The van der Waals surface area contributed by atoms with Gasteiger partial charge in [-0.05, 0) is 45.4 Å². The van der Waals surface area contributed by atoms with E-state index in [1.807, 2.05) is 26.0 Å². The number of hydrogen-bond acceptors (Lipinski definition) is 5. The Morgan fingerprint density at radius 2 is 1.96 bits per heavy atom. The van der Waals surface area contributed by atoms with Crippen molar-refractivity contribution in [3.8, 4) is 0 Å². The van der Waals surface area contributed by atoms with E-state index in [0.717, 1.165) is 21.1 Å².